The highest BCUT2D eigenvalue weighted by Gasteiger charge is 2.07. The summed E-state index contributed by atoms with van der Waals surface area (Å²) in [4.78, 5) is 4.60. The maximum atomic E-state index is 4.60. The van der Waals surface area contributed by atoms with Gasteiger partial charge >= 0.3 is 0 Å². The van der Waals surface area contributed by atoms with Crippen LogP contribution in [-0.4, -0.2) is 4.98 Å². The lowest BCUT2D eigenvalue weighted by molar-refractivity contribution is 0.875. The SMILES string of the molecule is C=C/C(=C\CC)c1cc2cccc(C(C)C)c2cn1.CC. The van der Waals surface area contributed by atoms with Gasteiger partial charge in [-0.05, 0) is 34.9 Å². The summed E-state index contributed by atoms with van der Waals surface area (Å²) in [6, 6.07) is 8.62. The molecule has 2 aromatic rings. The molecule has 0 amide bonds. The monoisotopic (exact) mass is 281 g/mol. The second kappa shape index (κ2) is 8.41. The largest absolute Gasteiger partial charge is 0.256 e. The molecule has 0 saturated carbocycles. The van der Waals surface area contributed by atoms with Gasteiger partial charge in [0.25, 0.3) is 0 Å². The van der Waals surface area contributed by atoms with Crippen LogP contribution in [0.25, 0.3) is 16.3 Å². The van der Waals surface area contributed by atoms with E-state index in [1.165, 1.54) is 16.3 Å². The summed E-state index contributed by atoms with van der Waals surface area (Å²) < 4.78 is 0. The molecule has 0 saturated heterocycles. The third-order valence-corrected chi connectivity index (χ3v) is 3.36. The van der Waals surface area contributed by atoms with E-state index in [0.717, 1.165) is 17.7 Å². The molecule has 1 nitrogen and oxygen atoms in total. The zero-order chi connectivity index (χ0) is 15.8. The minimum absolute atomic E-state index is 0.515. The predicted molar refractivity (Wildman–Crippen MR) is 95.6 cm³/mol. The number of hydrogen-bond acceptors (Lipinski definition) is 1. The Morgan fingerprint density at radius 3 is 2.57 bits per heavy atom. The number of benzene rings is 1. The Balaban J connectivity index is 0.00000106. The highest BCUT2D eigenvalue weighted by atomic mass is 14.7. The quantitative estimate of drug-likeness (QED) is 0.594. The third kappa shape index (κ3) is 4.04. The molecule has 1 heterocycles. The molecule has 21 heavy (non-hydrogen) atoms. The van der Waals surface area contributed by atoms with E-state index in [-0.39, 0.29) is 0 Å². The van der Waals surface area contributed by atoms with Crippen LogP contribution in [0, 0.1) is 0 Å². The Morgan fingerprint density at radius 1 is 1.29 bits per heavy atom. The van der Waals surface area contributed by atoms with E-state index in [0.29, 0.717) is 5.92 Å². The van der Waals surface area contributed by atoms with Crippen LogP contribution < -0.4 is 0 Å². The lowest BCUT2D eigenvalue weighted by Gasteiger charge is -2.11. The molecule has 1 heteroatoms. The van der Waals surface area contributed by atoms with Crippen molar-refractivity contribution < 1.29 is 0 Å². The topological polar surface area (TPSA) is 12.9 Å². The van der Waals surface area contributed by atoms with Crippen molar-refractivity contribution in [1.29, 1.82) is 0 Å². The fourth-order valence-corrected chi connectivity index (χ4v) is 2.37. The average Bonchev–Trinajstić information content (AvgIpc) is 2.53. The maximum Gasteiger partial charge on any atom is 0.0704 e. The van der Waals surface area contributed by atoms with E-state index in [4.69, 9.17) is 0 Å². The van der Waals surface area contributed by atoms with E-state index in [1.54, 1.807) is 0 Å². The van der Waals surface area contributed by atoms with Crippen molar-refractivity contribution in [2.45, 2.75) is 47.0 Å². The molecule has 1 aromatic carbocycles. The van der Waals surface area contributed by atoms with Crippen LogP contribution >= 0.6 is 0 Å². The molecule has 0 N–H and O–H groups in total. The normalized spacial score (nSPS) is 11.2. The smallest absolute Gasteiger partial charge is 0.0704 e. The highest BCUT2D eigenvalue weighted by Crippen LogP contribution is 2.26. The summed E-state index contributed by atoms with van der Waals surface area (Å²) in [7, 11) is 0. The molecule has 0 atom stereocenters. The molecule has 0 aliphatic rings. The lowest BCUT2D eigenvalue weighted by Crippen LogP contribution is -1.93. The van der Waals surface area contributed by atoms with Crippen molar-refractivity contribution in [2.24, 2.45) is 0 Å². The van der Waals surface area contributed by atoms with E-state index in [2.05, 4.69) is 62.7 Å². The standard InChI is InChI=1S/C18H21N.C2H6/c1-5-8-14(6-2)18-11-15-9-7-10-16(13(3)4)17(15)12-19-18;1-2/h6-13H,2,5H2,1,3-4H3;1-2H3/b14-8+;. The molecule has 1 aromatic heterocycles. The Labute approximate surface area is 129 Å². The van der Waals surface area contributed by atoms with Gasteiger partial charge in [-0.25, -0.2) is 0 Å². The summed E-state index contributed by atoms with van der Waals surface area (Å²) in [6.07, 6.45) is 7.03. The zero-order valence-electron chi connectivity index (χ0n) is 14.0. The number of pyridine rings is 1. The first-order valence-corrected chi connectivity index (χ1v) is 7.89. The summed E-state index contributed by atoms with van der Waals surface area (Å²) in [5, 5.41) is 2.50. The molecule has 0 spiro atoms. The Morgan fingerprint density at radius 2 is 2.00 bits per heavy atom. The van der Waals surface area contributed by atoms with Crippen molar-refractivity contribution >= 4 is 16.3 Å². The fourth-order valence-electron chi connectivity index (χ4n) is 2.37. The Hall–Kier alpha value is -1.89. The van der Waals surface area contributed by atoms with Gasteiger partial charge in [0.05, 0.1) is 5.69 Å². The zero-order valence-corrected chi connectivity index (χ0v) is 14.0. The van der Waals surface area contributed by atoms with Crippen LogP contribution in [0.4, 0.5) is 0 Å². The van der Waals surface area contributed by atoms with E-state index in [9.17, 15) is 0 Å². The van der Waals surface area contributed by atoms with Crippen LogP contribution in [0.5, 0.6) is 0 Å². The van der Waals surface area contributed by atoms with Crippen LogP contribution in [0.1, 0.15) is 58.2 Å². The lowest BCUT2D eigenvalue weighted by atomic mass is 9.96. The van der Waals surface area contributed by atoms with Crippen LogP contribution in [0.15, 0.2) is 49.2 Å². The van der Waals surface area contributed by atoms with Crippen molar-refractivity contribution in [1.82, 2.24) is 4.98 Å². The van der Waals surface area contributed by atoms with Gasteiger partial charge < -0.3 is 0 Å². The molecule has 2 rings (SSSR count). The van der Waals surface area contributed by atoms with Crippen LogP contribution in [0.2, 0.25) is 0 Å². The van der Waals surface area contributed by atoms with Crippen molar-refractivity contribution in [3.63, 3.8) is 0 Å². The second-order valence-electron chi connectivity index (χ2n) is 5.06. The van der Waals surface area contributed by atoms with Gasteiger partial charge in [0.2, 0.25) is 0 Å². The molecule has 0 aliphatic carbocycles. The number of allylic oxidation sites excluding steroid dienone is 3. The van der Waals surface area contributed by atoms with Crippen molar-refractivity contribution in [3.05, 3.63) is 60.5 Å². The maximum absolute atomic E-state index is 4.60. The number of rotatable bonds is 4. The Bertz CT molecular complexity index is 621. The van der Waals surface area contributed by atoms with Gasteiger partial charge in [-0.1, -0.05) is 71.5 Å². The molecule has 0 bridgehead atoms. The molecule has 0 fully saturated rings. The summed E-state index contributed by atoms with van der Waals surface area (Å²) in [6.45, 7) is 14.4. The first-order chi connectivity index (χ1) is 10.2. The minimum Gasteiger partial charge on any atom is -0.256 e. The average molecular weight is 281 g/mol. The summed E-state index contributed by atoms with van der Waals surface area (Å²) in [5.74, 6) is 0.515. The summed E-state index contributed by atoms with van der Waals surface area (Å²) >= 11 is 0. The number of nitrogens with zero attached hydrogens (tertiary/aromatic N) is 1. The first-order valence-electron chi connectivity index (χ1n) is 7.89. The summed E-state index contributed by atoms with van der Waals surface area (Å²) in [5.41, 5.74) is 3.47. The van der Waals surface area contributed by atoms with Gasteiger partial charge in [0, 0.05) is 11.6 Å². The fraction of sp³-hybridized carbons (Fsp3) is 0.350. The number of hydrogen-bond donors (Lipinski definition) is 0. The highest BCUT2D eigenvalue weighted by molar-refractivity contribution is 5.88. The first kappa shape index (κ1) is 17.2. The Kier molecular flexibility index (Phi) is 6.87. The van der Waals surface area contributed by atoms with Crippen LogP contribution in [0.3, 0.4) is 0 Å². The van der Waals surface area contributed by atoms with Gasteiger partial charge in [0.15, 0.2) is 0 Å². The predicted octanol–water partition coefficient (Wildman–Crippen LogP) is 6.36. The number of aromatic nitrogens is 1. The molecular formula is C20H27N. The third-order valence-electron chi connectivity index (χ3n) is 3.36. The molecule has 0 radical (unpaired) electrons. The van der Waals surface area contributed by atoms with Gasteiger partial charge in [-0.2, -0.15) is 0 Å². The molecule has 0 unspecified atom stereocenters. The van der Waals surface area contributed by atoms with Gasteiger partial charge in [-0.15, -0.1) is 0 Å². The van der Waals surface area contributed by atoms with Gasteiger partial charge in [0.1, 0.15) is 0 Å². The van der Waals surface area contributed by atoms with Crippen LogP contribution in [-0.2, 0) is 0 Å². The second-order valence-corrected chi connectivity index (χ2v) is 5.06. The molecular weight excluding hydrogens is 254 g/mol. The van der Waals surface area contributed by atoms with E-state index < -0.39 is 0 Å². The van der Waals surface area contributed by atoms with Gasteiger partial charge in [-0.3, -0.25) is 4.98 Å². The minimum atomic E-state index is 0.515. The van der Waals surface area contributed by atoms with Crippen molar-refractivity contribution in [3.8, 4) is 0 Å². The van der Waals surface area contributed by atoms with E-state index >= 15 is 0 Å². The van der Waals surface area contributed by atoms with Crippen molar-refractivity contribution in [2.75, 3.05) is 0 Å². The van der Waals surface area contributed by atoms with E-state index in [1.807, 2.05) is 26.1 Å². The number of fused-ring (bicyclic) bond motifs is 1. The molecule has 112 valence electrons. The molecule has 0 aliphatic heterocycles.